The molecule has 9 heteroatoms. The van der Waals surface area contributed by atoms with Crippen LogP contribution in [0, 0.1) is 0 Å². The van der Waals surface area contributed by atoms with E-state index in [4.69, 9.17) is 17.0 Å². The van der Waals surface area contributed by atoms with Gasteiger partial charge in [-0.1, -0.05) is 18.2 Å². The summed E-state index contributed by atoms with van der Waals surface area (Å²) in [7, 11) is 0. The Balaban J connectivity index is 1.34. The van der Waals surface area contributed by atoms with Crippen molar-refractivity contribution in [2.24, 2.45) is 0 Å². The molecular formula is C26H23N3O4S2. The summed E-state index contributed by atoms with van der Waals surface area (Å²) in [5, 5.41) is 13.4. The molecule has 2 N–H and O–H groups in total. The van der Waals surface area contributed by atoms with Crippen LogP contribution in [-0.4, -0.2) is 41.2 Å². The van der Waals surface area contributed by atoms with Crippen molar-refractivity contribution in [1.82, 2.24) is 5.32 Å². The quantitative estimate of drug-likeness (QED) is 0.305. The van der Waals surface area contributed by atoms with E-state index < -0.39 is 11.8 Å². The summed E-state index contributed by atoms with van der Waals surface area (Å²) in [5.41, 5.74) is 0.552. The fourth-order valence-corrected chi connectivity index (χ4v) is 5.28. The Morgan fingerprint density at radius 1 is 0.971 bits per heavy atom. The Hall–Kier alpha value is -3.53. The number of ether oxygens (including phenoxy) is 1. The highest BCUT2D eigenvalue weighted by atomic mass is 32.1. The van der Waals surface area contributed by atoms with Gasteiger partial charge < -0.3 is 14.7 Å². The SMILES string of the molecule is O=C1NC(=S)N(c2ccc(Oc3ccccc3)cc2)C(=O)C1=Cc1ccc(N2CCC(O)CC2)s1. The van der Waals surface area contributed by atoms with Crippen molar-refractivity contribution in [2.75, 3.05) is 22.9 Å². The number of carbonyl (C=O) groups is 2. The van der Waals surface area contributed by atoms with Crippen molar-refractivity contribution in [1.29, 1.82) is 0 Å². The number of thiophene rings is 1. The van der Waals surface area contributed by atoms with Crippen LogP contribution < -0.4 is 19.9 Å². The monoisotopic (exact) mass is 505 g/mol. The molecule has 5 rings (SSSR count). The van der Waals surface area contributed by atoms with E-state index in [-0.39, 0.29) is 16.8 Å². The van der Waals surface area contributed by atoms with Crippen LogP contribution in [0.15, 0.2) is 72.3 Å². The molecule has 2 aliphatic heterocycles. The maximum atomic E-state index is 13.3. The predicted molar refractivity (Wildman–Crippen MR) is 141 cm³/mol. The number of aliphatic hydroxyl groups excluding tert-OH is 1. The molecule has 7 nitrogen and oxygen atoms in total. The van der Waals surface area contributed by atoms with Crippen LogP contribution >= 0.6 is 23.6 Å². The minimum atomic E-state index is -0.517. The molecule has 0 radical (unpaired) electrons. The molecule has 2 fully saturated rings. The van der Waals surface area contributed by atoms with Crippen molar-refractivity contribution >= 4 is 57.2 Å². The summed E-state index contributed by atoms with van der Waals surface area (Å²) in [6.45, 7) is 1.56. The second-order valence-corrected chi connectivity index (χ2v) is 9.74. The zero-order valence-electron chi connectivity index (χ0n) is 18.7. The lowest BCUT2D eigenvalue weighted by Gasteiger charge is -2.30. The molecular weight excluding hydrogens is 482 g/mol. The Bertz CT molecular complexity index is 1280. The molecule has 0 saturated carbocycles. The average molecular weight is 506 g/mol. The van der Waals surface area contributed by atoms with Crippen molar-refractivity contribution in [3.63, 3.8) is 0 Å². The average Bonchev–Trinajstić information content (AvgIpc) is 3.32. The third-order valence-electron chi connectivity index (χ3n) is 5.85. The number of hydrogen-bond donors (Lipinski definition) is 2. The maximum absolute atomic E-state index is 13.3. The van der Waals surface area contributed by atoms with Gasteiger partial charge in [-0.2, -0.15) is 0 Å². The molecule has 0 aliphatic carbocycles. The van der Waals surface area contributed by atoms with Crippen LogP contribution in [0.4, 0.5) is 10.7 Å². The molecule has 2 aromatic carbocycles. The first-order valence-electron chi connectivity index (χ1n) is 11.3. The highest BCUT2D eigenvalue weighted by Gasteiger charge is 2.34. The largest absolute Gasteiger partial charge is 0.457 e. The molecule has 3 aromatic rings. The molecule has 178 valence electrons. The highest BCUT2D eigenvalue weighted by molar-refractivity contribution is 7.80. The van der Waals surface area contributed by atoms with Crippen LogP contribution in [0.2, 0.25) is 0 Å². The number of thiocarbonyl (C=S) groups is 1. The van der Waals surface area contributed by atoms with Gasteiger partial charge in [-0.05, 0) is 79.7 Å². The summed E-state index contributed by atoms with van der Waals surface area (Å²) in [6.07, 6.45) is 2.82. The molecule has 2 saturated heterocycles. The summed E-state index contributed by atoms with van der Waals surface area (Å²) < 4.78 is 5.82. The van der Waals surface area contributed by atoms with Gasteiger partial charge in [0.2, 0.25) is 0 Å². The number of anilines is 2. The summed E-state index contributed by atoms with van der Waals surface area (Å²) in [5.74, 6) is 0.327. The van der Waals surface area contributed by atoms with Gasteiger partial charge in [-0.3, -0.25) is 19.8 Å². The van der Waals surface area contributed by atoms with E-state index >= 15 is 0 Å². The van der Waals surface area contributed by atoms with Crippen LogP contribution in [0.3, 0.4) is 0 Å². The fraction of sp³-hybridized carbons (Fsp3) is 0.192. The zero-order valence-corrected chi connectivity index (χ0v) is 20.3. The number of carbonyl (C=O) groups excluding carboxylic acids is 2. The van der Waals surface area contributed by atoms with Gasteiger partial charge in [0, 0.05) is 18.0 Å². The van der Waals surface area contributed by atoms with Gasteiger partial charge in [-0.15, -0.1) is 11.3 Å². The Morgan fingerprint density at radius 2 is 1.66 bits per heavy atom. The topological polar surface area (TPSA) is 82.1 Å². The van der Waals surface area contributed by atoms with Gasteiger partial charge in [0.1, 0.15) is 17.1 Å². The van der Waals surface area contributed by atoms with Crippen molar-refractivity contribution in [3.8, 4) is 11.5 Å². The second kappa shape index (κ2) is 9.99. The lowest BCUT2D eigenvalue weighted by Crippen LogP contribution is -2.54. The molecule has 35 heavy (non-hydrogen) atoms. The number of para-hydroxylation sites is 1. The van der Waals surface area contributed by atoms with Crippen LogP contribution in [0.25, 0.3) is 6.08 Å². The van der Waals surface area contributed by atoms with Gasteiger partial charge >= 0.3 is 0 Å². The molecule has 3 heterocycles. The third-order valence-corrected chi connectivity index (χ3v) is 7.23. The van der Waals surface area contributed by atoms with E-state index in [1.165, 1.54) is 16.2 Å². The molecule has 0 atom stereocenters. The molecule has 0 spiro atoms. The van der Waals surface area contributed by atoms with Crippen molar-refractivity contribution < 1.29 is 19.4 Å². The molecule has 0 bridgehead atoms. The van der Waals surface area contributed by atoms with E-state index in [9.17, 15) is 14.7 Å². The van der Waals surface area contributed by atoms with Gasteiger partial charge in [-0.25, -0.2) is 0 Å². The number of rotatable bonds is 5. The van der Waals surface area contributed by atoms with Crippen molar-refractivity contribution in [3.05, 3.63) is 77.2 Å². The Morgan fingerprint density at radius 3 is 2.37 bits per heavy atom. The number of amides is 2. The van der Waals surface area contributed by atoms with E-state index in [1.807, 2.05) is 42.5 Å². The minimum absolute atomic E-state index is 0.0191. The first-order valence-corrected chi connectivity index (χ1v) is 12.5. The number of benzene rings is 2. The van der Waals surface area contributed by atoms with E-state index in [2.05, 4.69) is 10.2 Å². The van der Waals surface area contributed by atoms with E-state index in [0.29, 0.717) is 17.2 Å². The molecule has 1 aromatic heterocycles. The van der Waals surface area contributed by atoms with Gasteiger partial charge in [0.25, 0.3) is 11.8 Å². The smallest absolute Gasteiger partial charge is 0.270 e. The van der Waals surface area contributed by atoms with Crippen LogP contribution in [0.1, 0.15) is 17.7 Å². The van der Waals surface area contributed by atoms with Gasteiger partial charge in [0.15, 0.2) is 5.11 Å². The summed E-state index contributed by atoms with van der Waals surface area (Å²) in [6, 6.07) is 20.2. The summed E-state index contributed by atoms with van der Waals surface area (Å²) in [4.78, 5) is 30.3. The second-order valence-electron chi connectivity index (χ2n) is 8.26. The number of nitrogens with zero attached hydrogens (tertiary/aromatic N) is 2. The maximum Gasteiger partial charge on any atom is 0.270 e. The fourth-order valence-electron chi connectivity index (χ4n) is 4.00. The van der Waals surface area contributed by atoms with E-state index in [0.717, 1.165) is 35.8 Å². The number of aliphatic hydroxyl groups is 1. The minimum Gasteiger partial charge on any atom is -0.457 e. The number of nitrogens with one attached hydrogen (secondary N) is 1. The lowest BCUT2D eigenvalue weighted by atomic mass is 10.1. The number of piperidine rings is 1. The van der Waals surface area contributed by atoms with Crippen LogP contribution in [0.5, 0.6) is 11.5 Å². The molecule has 0 unspecified atom stereocenters. The molecule has 2 aliphatic rings. The first kappa shape index (κ1) is 23.2. The summed E-state index contributed by atoms with van der Waals surface area (Å²) >= 11 is 6.81. The van der Waals surface area contributed by atoms with Gasteiger partial charge in [0.05, 0.1) is 16.8 Å². The third kappa shape index (κ3) is 5.12. The first-order chi connectivity index (χ1) is 17.0. The highest BCUT2D eigenvalue weighted by Crippen LogP contribution is 2.31. The lowest BCUT2D eigenvalue weighted by molar-refractivity contribution is -0.122. The van der Waals surface area contributed by atoms with Crippen molar-refractivity contribution in [2.45, 2.75) is 18.9 Å². The number of hydrogen-bond acceptors (Lipinski definition) is 7. The van der Waals surface area contributed by atoms with E-state index in [1.54, 1.807) is 30.3 Å². The Labute approximate surface area is 212 Å². The normalized spacial score (nSPS) is 18.2. The molecule has 2 amide bonds. The Kier molecular flexibility index (Phi) is 6.63. The predicted octanol–water partition coefficient (Wildman–Crippen LogP) is 4.33. The van der Waals surface area contributed by atoms with Crippen LogP contribution in [-0.2, 0) is 9.59 Å². The standard InChI is InChI=1S/C26H23N3O4S2/c30-18-12-14-28(15-13-18)23-11-10-21(35-23)16-22-24(31)27-26(34)29(25(22)32)17-6-8-20(9-7-17)33-19-4-2-1-3-5-19/h1-11,16,18,30H,12-15H2,(H,27,31,34). The zero-order chi connectivity index (χ0) is 24.4.